The van der Waals surface area contributed by atoms with Crippen molar-refractivity contribution in [2.24, 2.45) is 0 Å². The van der Waals surface area contributed by atoms with Crippen molar-refractivity contribution in [3.63, 3.8) is 0 Å². The zero-order chi connectivity index (χ0) is 24.1. The second kappa shape index (κ2) is 9.13. The molecule has 15 heteroatoms. The molecule has 6 atom stereocenters. The van der Waals surface area contributed by atoms with Gasteiger partial charge in [0.15, 0.2) is 22.8 Å². The Hall–Kier alpha value is -2.58. The van der Waals surface area contributed by atoms with Gasteiger partial charge in [0.25, 0.3) is 6.48 Å². The van der Waals surface area contributed by atoms with Crippen LogP contribution in [0.25, 0.3) is 11.2 Å². The van der Waals surface area contributed by atoms with Crippen LogP contribution >= 0.6 is 20.4 Å². The lowest BCUT2D eigenvalue weighted by molar-refractivity contribution is -0.256. The highest BCUT2D eigenvalue weighted by Crippen LogP contribution is 2.48. The van der Waals surface area contributed by atoms with Crippen LogP contribution in [-0.2, 0) is 28.0 Å². The molecule has 184 valence electrons. The molecule has 0 bridgehead atoms. The summed E-state index contributed by atoms with van der Waals surface area (Å²) in [5.41, 5.74) is 7.37. The molecule has 0 radical (unpaired) electrons. The van der Waals surface area contributed by atoms with Crippen LogP contribution in [0.2, 0.25) is 0 Å². The third-order valence-electron chi connectivity index (χ3n) is 5.68. The van der Waals surface area contributed by atoms with Crippen LogP contribution in [0.5, 0.6) is 5.75 Å². The quantitative estimate of drug-likeness (QED) is 0.287. The summed E-state index contributed by atoms with van der Waals surface area (Å²) in [4.78, 5) is 25.4. The number of nitrogen functional groups attached to an aromatic ring is 1. The van der Waals surface area contributed by atoms with E-state index >= 15 is 0 Å². The Bertz CT molecular complexity index is 1280. The van der Waals surface area contributed by atoms with Gasteiger partial charge in [0.05, 0.1) is 12.9 Å². The average Bonchev–Trinajstić information content (AvgIpc) is 3.56. The standard InChI is InChI=1S/C20H20N5O8PS/c1-27-20-30-13-11(7-28-34-32-10-6-4-3-5-9(10)18(26)33-34)29-17(14(13)31-20)25-8-22-12-15(21)23-19(35-2)24-16(12)25/h3-6,8,11,13-14,17,20H,7H2,1-2H3,(H2,21,23,24). The number of imidazole rings is 1. The van der Waals surface area contributed by atoms with Gasteiger partial charge in [-0.2, -0.15) is 0 Å². The largest absolute Gasteiger partial charge is 0.465 e. The number of nitrogens with two attached hydrogens (primary N) is 1. The number of para-hydroxylation sites is 1. The monoisotopic (exact) mass is 521 g/mol. The number of aromatic nitrogens is 4. The molecule has 2 fully saturated rings. The fraction of sp³-hybridized carbons (Fsp3) is 0.400. The summed E-state index contributed by atoms with van der Waals surface area (Å²) < 4.78 is 41.9. The average molecular weight is 521 g/mol. The minimum atomic E-state index is -1.96. The summed E-state index contributed by atoms with van der Waals surface area (Å²) in [5, 5.41) is 0.504. The van der Waals surface area contributed by atoms with Crippen LogP contribution in [0, 0.1) is 0 Å². The highest BCUT2D eigenvalue weighted by molar-refractivity contribution is 7.98. The summed E-state index contributed by atoms with van der Waals surface area (Å²) in [6, 6.07) is 6.81. The first-order valence-corrected chi connectivity index (χ1v) is 12.8. The lowest BCUT2D eigenvalue weighted by Gasteiger charge is -2.24. The van der Waals surface area contributed by atoms with Gasteiger partial charge in [-0.15, -0.1) is 0 Å². The summed E-state index contributed by atoms with van der Waals surface area (Å²) in [6.45, 7) is -0.866. The first-order valence-electron chi connectivity index (χ1n) is 10.5. The Morgan fingerprint density at radius 3 is 2.83 bits per heavy atom. The molecule has 3 aliphatic heterocycles. The summed E-state index contributed by atoms with van der Waals surface area (Å²) in [6.07, 6.45) is 1.08. The van der Waals surface area contributed by atoms with E-state index < -0.39 is 45.6 Å². The van der Waals surface area contributed by atoms with Crippen LogP contribution in [0.4, 0.5) is 5.82 Å². The van der Waals surface area contributed by atoms with Gasteiger partial charge in [0.1, 0.15) is 35.1 Å². The lowest BCUT2D eigenvalue weighted by atomic mass is 10.1. The number of rotatable bonds is 6. The summed E-state index contributed by atoms with van der Waals surface area (Å²) >= 11 is 1.36. The van der Waals surface area contributed by atoms with E-state index in [1.807, 2.05) is 6.26 Å². The van der Waals surface area contributed by atoms with Crippen molar-refractivity contribution in [1.82, 2.24) is 19.5 Å². The molecule has 0 saturated carbocycles. The Labute approximate surface area is 204 Å². The van der Waals surface area contributed by atoms with Crippen molar-refractivity contribution in [1.29, 1.82) is 0 Å². The van der Waals surface area contributed by atoms with Gasteiger partial charge in [-0.1, -0.05) is 23.9 Å². The maximum atomic E-state index is 12.3. The van der Waals surface area contributed by atoms with Crippen LogP contribution in [-0.4, -0.2) is 70.2 Å². The van der Waals surface area contributed by atoms with E-state index in [2.05, 4.69) is 15.0 Å². The predicted octanol–water partition coefficient (Wildman–Crippen LogP) is 2.23. The van der Waals surface area contributed by atoms with E-state index in [1.54, 1.807) is 35.2 Å². The number of methoxy groups -OCH3 is 1. The number of carbonyl (C=O) groups excluding carboxylic acids is 1. The van der Waals surface area contributed by atoms with Gasteiger partial charge in [-0.05, 0) is 18.4 Å². The fourth-order valence-corrected chi connectivity index (χ4v) is 5.42. The maximum Gasteiger partial charge on any atom is 0.465 e. The topological polar surface area (TPSA) is 151 Å². The van der Waals surface area contributed by atoms with E-state index in [4.69, 9.17) is 38.3 Å². The van der Waals surface area contributed by atoms with Crippen molar-refractivity contribution in [3.8, 4) is 5.75 Å². The number of carbonyl (C=O) groups is 1. The van der Waals surface area contributed by atoms with Gasteiger partial charge in [-0.3, -0.25) is 9.09 Å². The zero-order valence-corrected chi connectivity index (χ0v) is 20.2. The Balaban J connectivity index is 1.23. The lowest BCUT2D eigenvalue weighted by Crippen LogP contribution is -2.32. The molecule has 6 unspecified atom stereocenters. The van der Waals surface area contributed by atoms with Gasteiger partial charge in [0, 0.05) is 7.11 Å². The van der Waals surface area contributed by atoms with Crippen molar-refractivity contribution >= 4 is 43.3 Å². The highest BCUT2D eigenvalue weighted by atomic mass is 32.2. The van der Waals surface area contributed by atoms with Crippen molar-refractivity contribution in [3.05, 3.63) is 36.2 Å². The molecule has 2 N–H and O–H groups in total. The number of ether oxygens (including phenoxy) is 4. The van der Waals surface area contributed by atoms with Gasteiger partial charge >= 0.3 is 14.6 Å². The number of thioether (sulfide) groups is 1. The number of nitrogens with zero attached hydrogens (tertiary/aromatic N) is 4. The smallest absolute Gasteiger partial charge is 0.417 e. The van der Waals surface area contributed by atoms with Gasteiger partial charge < -0.3 is 33.7 Å². The SMILES string of the molecule is COC1OC2C(COP3OC(=O)c4ccccc4O3)OC(n3cnc4c(N)nc(SC)nc43)C2O1. The number of hydrogen-bond donors (Lipinski definition) is 1. The van der Waals surface area contributed by atoms with Crippen molar-refractivity contribution in [2.45, 2.75) is 36.2 Å². The number of fused-ring (bicyclic) bond motifs is 3. The normalized spacial score (nSPS) is 29.6. The molecule has 3 aromatic rings. The molecule has 2 aromatic heterocycles. The van der Waals surface area contributed by atoms with E-state index in [9.17, 15) is 4.79 Å². The molecular weight excluding hydrogens is 501 g/mol. The molecular formula is C20H20N5O8PS. The van der Waals surface area contributed by atoms with E-state index in [-0.39, 0.29) is 12.4 Å². The second-order valence-corrected chi connectivity index (χ2v) is 9.54. The molecule has 5 heterocycles. The summed E-state index contributed by atoms with van der Waals surface area (Å²) in [5.74, 6) is 0.169. The molecule has 0 spiro atoms. The van der Waals surface area contributed by atoms with Crippen molar-refractivity contribution < 1.29 is 37.3 Å². The minimum Gasteiger partial charge on any atom is -0.417 e. The summed E-state index contributed by atoms with van der Waals surface area (Å²) in [7, 11) is -0.481. The molecule has 0 amide bonds. The van der Waals surface area contributed by atoms with E-state index in [1.165, 1.54) is 18.9 Å². The highest BCUT2D eigenvalue weighted by Gasteiger charge is 2.54. The van der Waals surface area contributed by atoms with Crippen LogP contribution in [0.1, 0.15) is 16.6 Å². The maximum absolute atomic E-state index is 12.3. The number of anilines is 1. The first kappa shape index (κ1) is 22.9. The second-order valence-electron chi connectivity index (χ2n) is 7.70. The Kier molecular flexibility index (Phi) is 5.96. The molecule has 13 nitrogen and oxygen atoms in total. The predicted molar refractivity (Wildman–Crippen MR) is 121 cm³/mol. The zero-order valence-electron chi connectivity index (χ0n) is 18.5. The Morgan fingerprint density at radius 2 is 2.00 bits per heavy atom. The third-order valence-corrected chi connectivity index (χ3v) is 7.25. The van der Waals surface area contributed by atoms with Gasteiger partial charge in [0.2, 0.25) is 0 Å². The van der Waals surface area contributed by atoms with Gasteiger partial charge in [-0.25, -0.2) is 19.7 Å². The van der Waals surface area contributed by atoms with Crippen LogP contribution < -0.4 is 10.3 Å². The number of hydrogen-bond acceptors (Lipinski definition) is 13. The molecule has 35 heavy (non-hydrogen) atoms. The molecule has 3 aliphatic rings. The fourth-order valence-electron chi connectivity index (χ4n) is 4.09. The Morgan fingerprint density at radius 1 is 1.17 bits per heavy atom. The van der Waals surface area contributed by atoms with Crippen LogP contribution in [0.15, 0.2) is 35.7 Å². The molecule has 1 aromatic carbocycles. The van der Waals surface area contributed by atoms with Crippen LogP contribution in [0.3, 0.4) is 0 Å². The van der Waals surface area contributed by atoms with E-state index in [0.29, 0.717) is 27.6 Å². The molecule has 2 saturated heterocycles. The first-order chi connectivity index (χ1) is 17.1. The minimum absolute atomic E-state index is 0.0123. The third kappa shape index (κ3) is 4.00. The van der Waals surface area contributed by atoms with E-state index in [0.717, 1.165) is 0 Å². The van der Waals surface area contributed by atoms with Crippen molar-refractivity contribution in [2.75, 3.05) is 25.7 Å². The molecule has 0 aliphatic carbocycles. The molecule has 6 rings (SSSR count). The number of benzene rings is 1.